The molecule has 1 aromatic carbocycles. The predicted octanol–water partition coefficient (Wildman–Crippen LogP) is 1.48. The number of hydrogen-bond donors (Lipinski definition) is 2. The zero-order valence-corrected chi connectivity index (χ0v) is 14.8. The Morgan fingerprint density at radius 1 is 1.42 bits per heavy atom. The van der Waals surface area contributed by atoms with Crippen molar-refractivity contribution in [1.29, 1.82) is 0 Å². The zero-order valence-electron chi connectivity index (χ0n) is 14.8. The van der Waals surface area contributed by atoms with Gasteiger partial charge in [-0.1, -0.05) is 12.1 Å². The average molecular weight is 332 g/mol. The molecule has 1 amide bonds. The Hall–Kier alpha value is -2.08. The minimum atomic E-state index is -0.0397. The Balaban J connectivity index is 1.90. The molecule has 24 heavy (non-hydrogen) atoms. The molecule has 6 nitrogen and oxygen atoms in total. The minimum Gasteiger partial charge on any atom is -0.381 e. The second-order valence-electron chi connectivity index (χ2n) is 6.07. The van der Waals surface area contributed by atoms with Gasteiger partial charge < -0.3 is 20.3 Å². The molecule has 132 valence electrons. The largest absolute Gasteiger partial charge is 0.381 e. The lowest BCUT2D eigenvalue weighted by Gasteiger charge is -2.24. The fourth-order valence-corrected chi connectivity index (χ4v) is 2.85. The van der Waals surface area contributed by atoms with Crippen LogP contribution in [0.15, 0.2) is 29.3 Å². The van der Waals surface area contributed by atoms with Crippen molar-refractivity contribution in [2.24, 2.45) is 10.9 Å². The summed E-state index contributed by atoms with van der Waals surface area (Å²) in [5, 5.41) is 6.18. The molecule has 1 aliphatic heterocycles. The lowest BCUT2D eigenvalue weighted by Crippen LogP contribution is -2.41. The van der Waals surface area contributed by atoms with Crippen LogP contribution in [0.5, 0.6) is 0 Å². The van der Waals surface area contributed by atoms with Crippen molar-refractivity contribution in [2.75, 3.05) is 40.4 Å². The highest BCUT2D eigenvalue weighted by Crippen LogP contribution is 2.13. The van der Waals surface area contributed by atoms with E-state index < -0.39 is 0 Å². The van der Waals surface area contributed by atoms with Crippen LogP contribution in [0.4, 0.5) is 0 Å². The first-order valence-electron chi connectivity index (χ1n) is 8.50. The van der Waals surface area contributed by atoms with Crippen molar-refractivity contribution >= 4 is 11.9 Å². The van der Waals surface area contributed by atoms with Gasteiger partial charge in [0.1, 0.15) is 0 Å². The summed E-state index contributed by atoms with van der Waals surface area (Å²) in [4.78, 5) is 18.4. The lowest BCUT2D eigenvalue weighted by molar-refractivity contribution is 0.0955. The highest BCUT2D eigenvalue weighted by molar-refractivity contribution is 5.94. The average Bonchev–Trinajstić information content (AvgIpc) is 3.09. The Morgan fingerprint density at radius 2 is 2.25 bits per heavy atom. The number of nitrogens with zero attached hydrogens (tertiary/aromatic N) is 2. The maximum atomic E-state index is 11.9. The monoisotopic (exact) mass is 332 g/mol. The van der Waals surface area contributed by atoms with Crippen molar-refractivity contribution in [3.63, 3.8) is 0 Å². The molecule has 0 radical (unpaired) electrons. The van der Waals surface area contributed by atoms with Gasteiger partial charge in [-0.2, -0.15) is 0 Å². The van der Waals surface area contributed by atoms with E-state index >= 15 is 0 Å². The Bertz CT molecular complexity index is 568. The first-order valence-corrected chi connectivity index (χ1v) is 8.50. The number of aliphatic imine (C=N–C) groups is 1. The van der Waals surface area contributed by atoms with Crippen LogP contribution in [-0.2, 0) is 11.3 Å². The van der Waals surface area contributed by atoms with E-state index in [1.165, 1.54) is 0 Å². The summed E-state index contributed by atoms with van der Waals surface area (Å²) in [6, 6.07) is 7.66. The summed E-state index contributed by atoms with van der Waals surface area (Å²) < 4.78 is 5.43. The fraction of sp³-hybridized carbons (Fsp3) is 0.556. The van der Waals surface area contributed by atoms with Crippen LogP contribution in [0.1, 0.15) is 29.3 Å². The molecule has 0 saturated carbocycles. The van der Waals surface area contributed by atoms with Gasteiger partial charge in [0.15, 0.2) is 5.96 Å². The third-order valence-corrected chi connectivity index (χ3v) is 4.11. The number of ether oxygens (including phenoxy) is 1. The van der Waals surface area contributed by atoms with Gasteiger partial charge in [0.05, 0.1) is 6.61 Å². The molecule has 0 spiro atoms. The number of rotatable bonds is 6. The molecule has 0 bridgehead atoms. The SMILES string of the molecule is CCNC(=O)c1cccc(CNC(=NC)N(C)CC2CCOC2)c1. The van der Waals surface area contributed by atoms with Gasteiger partial charge in [-0.15, -0.1) is 0 Å². The summed E-state index contributed by atoms with van der Waals surface area (Å²) in [6.07, 6.45) is 1.11. The number of amides is 1. The first-order chi connectivity index (χ1) is 11.6. The van der Waals surface area contributed by atoms with E-state index in [0.717, 1.165) is 37.7 Å². The van der Waals surface area contributed by atoms with Gasteiger partial charge in [0, 0.05) is 51.8 Å². The standard InChI is InChI=1S/C18H28N4O2/c1-4-20-17(23)16-7-5-6-14(10-16)11-21-18(19-2)22(3)12-15-8-9-24-13-15/h5-7,10,15H,4,8-9,11-13H2,1-3H3,(H,19,21)(H,20,23). The van der Waals surface area contributed by atoms with E-state index in [1.54, 1.807) is 7.05 Å². The molecule has 1 heterocycles. The van der Waals surface area contributed by atoms with Crippen LogP contribution in [-0.4, -0.2) is 57.2 Å². The van der Waals surface area contributed by atoms with Crippen LogP contribution >= 0.6 is 0 Å². The molecule has 1 atom stereocenters. The van der Waals surface area contributed by atoms with E-state index in [9.17, 15) is 4.79 Å². The zero-order chi connectivity index (χ0) is 17.4. The third kappa shape index (κ3) is 5.23. The van der Waals surface area contributed by atoms with Crippen molar-refractivity contribution < 1.29 is 9.53 Å². The Morgan fingerprint density at radius 3 is 2.92 bits per heavy atom. The molecule has 1 aliphatic rings. The van der Waals surface area contributed by atoms with Crippen LogP contribution in [0, 0.1) is 5.92 Å². The Labute approximate surface area is 144 Å². The molecule has 0 aromatic heterocycles. The van der Waals surface area contributed by atoms with E-state index in [1.807, 2.05) is 38.2 Å². The molecule has 0 aliphatic carbocycles. The van der Waals surface area contributed by atoms with Crippen LogP contribution in [0.3, 0.4) is 0 Å². The van der Waals surface area contributed by atoms with Crippen molar-refractivity contribution in [2.45, 2.75) is 19.9 Å². The highest BCUT2D eigenvalue weighted by atomic mass is 16.5. The summed E-state index contributed by atoms with van der Waals surface area (Å²) >= 11 is 0. The molecular formula is C18H28N4O2. The van der Waals surface area contributed by atoms with Gasteiger partial charge in [-0.3, -0.25) is 9.79 Å². The maximum absolute atomic E-state index is 11.9. The summed E-state index contributed by atoms with van der Waals surface area (Å²) in [6.45, 7) is 5.79. The van der Waals surface area contributed by atoms with E-state index in [-0.39, 0.29) is 5.91 Å². The molecule has 2 rings (SSSR count). The van der Waals surface area contributed by atoms with Crippen LogP contribution < -0.4 is 10.6 Å². The van der Waals surface area contributed by atoms with Gasteiger partial charge in [0.2, 0.25) is 0 Å². The number of carbonyl (C=O) groups excluding carboxylic acids is 1. The molecule has 1 unspecified atom stereocenters. The van der Waals surface area contributed by atoms with E-state index in [0.29, 0.717) is 24.6 Å². The number of benzene rings is 1. The van der Waals surface area contributed by atoms with Gasteiger partial charge in [0.25, 0.3) is 5.91 Å². The highest BCUT2D eigenvalue weighted by Gasteiger charge is 2.19. The Kier molecular flexibility index (Phi) is 7.06. The quantitative estimate of drug-likeness (QED) is 0.612. The third-order valence-electron chi connectivity index (χ3n) is 4.11. The summed E-state index contributed by atoms with van der Waals surface area (Å²) in [5.74, 6) is 1.38. The van der Waals surface area contributed by atoms with Gasteiger partial charge >= 0.3 is 0 Å². The lowest BCUT2D eigenvalue weighted by atomic mass is 10.1. The number of nitrogens with one attached hydrogen (secondary N) is 2. The summed E-state index contributed by atoms with van der Waals surface area (Å²) in [7, 11) is 3.83. The van der Waals surface area contributed by atoms with Crippen molar-refractivity contribution in [3.05, 3.63) is 35.4 Å². The normalized spacial score (nSPS) is 17.6. The second-order valence-corrected chi connectivity index (χ2v) is 6.07. The van der Waals surface area contributed by atoms with E-state index in [2.05, 4.69) is 20.5 Å². The fourth-order valence-electron chi connectivity index (χ4n) is 2.85. The van der Waals surface area contributed by atoms with Crippen molar-refractivity contribution in [3.8, 4) is 0 Å². The van der Waals surface area contributed by atoms with Gasteiger partial charge in [-0.05, 0) is 31.0 Å². The van der Waals surface area contributed by atoms with E-state index in [4.69, 9.17) is 4.74 Å². The van der Waals surface area contributed by atoms with Crippen LogP contribution in [0.2, 0.25) is 0 Å². The minimum absolute atomic E-state index is 0.0397. The number of carbonyl (C=O) groups is 1. The molecule has 1 saturated heterocycles. The maximum Gasteiger partial charge on any atom is 0.251 e. The van der Waals surface area contributed by atoms with Crippen molar-refractivity contribution in [1.82, 2.24) is 15.5 Å². The topological polar surface area (TPSA) is 66.0 Å². The molecular weight excluding hydrogens is 304 g/mol. The first kappa shape index (κ1) is 18.3. The number of hydrogen-bond acceptors (Lipinski definition) is 3. The predicted molar refractivity (Wildman–Crippen MR) is 96.2 cm³/mol. The molecule has 1 aromatic rings. The molecule has 2 N–H and O–H groups in total. The molecule has 6 heteroatoms. The second kappa shape index (κ2) is 9.27. The number of guanidine groups is 1. The van der Waals surface area contributed by atoms with Gasteiger partial charge in [-0.25, -0.2) is 0 Å². The van der Waals surface area contributed by atoms with Crippen LogP contribution in [0.25, 0.3) is 0 Å². The summed E-state index contributed by atoms with van der Waals surface area (Å²) in [5.41, 5.74) is 1.74. The smallest absolute Gasteiger partial charge is 0.251 e. The molecule has 1 fully saturated rings.